The van der Waals surface area contributed by atoms with Gasteiger partial charge in [0.25, 0.3) is 6.71 Å². The number of benzene rings is 7. The van der Waals surface area contributed by atoms with Crippen LogP contribution in [0.5, 0.6) is 0 Å². The quantitative estimate of drug-likeness (QED) is 0.159. The molecule has 4 heterocycles. The molecule has 4 unspecified atom stereocenters. The zero-order valence-corrected chi connectivity index (χ0v) is 46.9. The van der Waals surface area contributed by atoms with E-state index in [1.54, 1.807) is 10.8 Å². The lowest BCUT2D eigenvalue weighted by molar-refractivity contribution is 0.195. The van der Waals surface area contributed by atoms with Gasteiger partial charge in [0.15, 0.2) is 0 Å². The van der Waals surface area contributed by atoms with Crippen LogP contribution in [0.15, 0.2) is 146 Å². The number of para-hydroxylation sites is 1. The van der Waals surface area contributed by atoms with Gasteiger partial charge < -0.3 is 14.7 Å². The molecular formula is C68H76BN3Si. The van der Waals surface area contributed by atoms with Crippen LogP contribution in [0.3, 0.4) is 0 Å². The van der Waals surface area contributed by atoms with Gasteiger partial charge in [-0.2, -0.15) is 0 Å². The highest BCUT2D eigenvalue weighted by Crippen LogP contribution is 2.66. The van der Waals surface area contributed by atoms with Crippen molar-refractivity contribution in [3.63, 3.8) is 0 Å². The summed E-state index contributed by atoms with van der Waals surface area (Å²) in [6, 6.07) is 58.6. The Labute approximate surface area is 439 Å². The average Bonchev–Trinajstić information content (AvgIpc) is 3.75. The Morgan fingerprint density at radius 1 is 0.493 bits per heavy atom. The van der Waals surface area contributed by atoms with Crippen LogP contribution in [0.1, 0.15) is 141 Å². The maximum absolute atomic E-state index is 2.99. The van der Waals surface area contributed by atoms with Gasteiger partial charge in [-0.15, -0.1) is 0 Å². The van der Waals surface area contributed by atoms with E-state index >= 15 is 0 Å². The molecule has 4 aliphatic heterocycles. The Kier molecular flexibility index (Phi) is 10.1. The standard InChI is InChI=1S/C68H76BN3Si/c1-63(2,3)47-32-34-56(51(39-47)45-25-15-13-16-26-45)70-58-40-48(64(4,5)6)31-33-54(58)69-55-44-50(73(10,11)12)43-53-62(55)72(67(9)37-23-24-38-68(53,67)46-27-17-14-18-28-46)60-42-49(41-59(70)61(60)69)71-57-30-20-19-29-52(57)65(7)35-21-22-36-66(65,71)8/h13-20,25-34,39-44H,21-24,35-38H2,1-12H3. The second-order valence-corrected chi connectivity index (χ2v) is 32.1. The van der Waals surface area contributed by atoms with Gasteiger partial charge in [-0.25, -0.2) is 0 Å². The minimum Gasteiger partial charge on any atom is -0.335 e. The summed E-state index contributed by atoms with van der Waals surface area (Å²) in [4.78, 5) is 8.62. The van der Waals surface area contributed by atoms with E-state index < -0.39 is 8.07 Å². The zero-order chi connectivity index (χ0) is 50.8. The van der Waals surface area contributed by atoms with Gasteiger partial charge in [-0.3, -0.25) is 0 Å². The smallest absolute Gasteiger partial charge is 0.252 e. The first-order valence-electron chi connectivity index (χ1n) is 28.0. The molecule has 5 heteroatoms. The summed E-state index contributed by atoms with van der Waals surface area (Å²) >= 11 is 0. The lowest BCUT2D eigenvalue weighted by Crippen LogP contribution is -2.65. The molecule has 0 radical (unpaired) electrons. The highest BCUT2D eigenvalue weighted by Gasteiger charge is 2.65. The van der Waals surface area contributed by atoms with Crippen LogP contribution >= 0.6 is 0 Å². The lowest BCUT2D eigenvalue weighted by Gasteiger charge is -2.54. The molecule has 370 valence electrons. The molecule has 73 heavy (non-hydrogen) atoms. The summed E-state index contributed by atoms with van der Waals surface area (Å²) in [5, 5.41) is 1.57. The van der Waals surface area contributed by atoms with Crippen molar-refractivity contribution in [2.75, 3.05) is 14.7 Å². The summed E-state index contributed by atoms with van der Waals surface area (Å²) in [6.07, 6.45) is 9.60. The predicted octanol–water partition coefficient (Wildman–Crippen LogP) is 15.6. The Bertz CT molecular complexity index is 3400. The first kappa shape index (κ1) is 47.0. The van der Waals surface area contributed by atoms with Crippen molar-refractivity contribution in [1.82, 2.24) is 0 Å². The molecule has 0 spiro atoms. The summed E-state index contributed by atoms with van der Waals surface area (Å²) in [5.41, 5.74) is 23.1. The molecule has 0 amide bonds. The molecule has 7 aromatic carbocycles. The van der Waals surface area contributed by atoms with Crippen LogP contribution < -0.4 is 36.3 Å². The monoisotopic (exact) mass is 974 g/mol. The molecule has 13 rings (SSSR count). The van der Waals surface area contributed by atoms with Gasteiger partial charge in [-0.1, -0.05) is 208 Å². The normalized spacial score (nSPS) is 24.7. The maximum Gasteiger partial charge on any atom is 0.252 e. The second-order valence-electron chi connectivity index (χ2n) is 27.0. The molecular weight excluding hydrogens is 898 g/mol. The highest BCUT2D eigenvalue weighted by atomic mass is 28.3. The summed E-state index contributed by atoms with van der Waals surface area (Å²) < 4.78 is 0. The lowest BCUT2D eigenvalue weighted by atomic mass is 9.33. The molecule has 0 saturated heterocycles. The van der Waals surface area contributed by atoms with E-state index in [4.69, 9.17) is 0 Å². The molecule has 0 N–H and O–H groups in total. The third kappa shape index (κ3) is 6.36. The molecule has 2 aliphatic carbocycles. The van der Waals surface area contributed by atoms with Gasteiger partial charge >= 0.3 is 0 Å². The molecule has 2 saturated carbocycles. The molecule has 0 bridgehead atoms. The highest BCUT2D eigenvalue weighted by molar-refractivity contribution is 7.01. The van der Waals surface area contributed by atoms with Gasteiger partial charge in [0.05, 0.1) is 24.8 Å². The fourth-order valence-electron chi connectivity index (χ4n) is 15.8. The molecule has 7 aromatic rings. The van der Waals surface area contributed by atoms with Crippen LogP contribution in [-0.2, 0) is 21.7 Å². The van der Waals surface area contributed by atoms with Crippen LogP contribution in [0.2, 0.25) is 19.6 Å². The molecule has 0 aromatic heterocycles. The van der Waals surface area contributed by atoms with Crippen molar-refractivity contribution in [3.05, 3.63) is 173 Å². The summed E-state index contributed by atoms with van der Waals surface area (Å²) in [6.45, 7) is 29.9. The minimum absolute atomic E-state index is 0.0210. The number of anilines is 7. The van der Waals surface area contributed by atoms with Crippen molar-refractivity contribution in [1.29, 1.82) is 0 Å². The Morgan fingerprint density at radius 3 is 1.82 bits per heavy atom. The van der Waals surface area contributed by atoms with Crippen molar-refractivity contribution in [2.24, 2.45) is 0 Å². The molecule has 2 fully saturated rings. The number of rotatable bonds is 5. The zero-order valence-electron chi connectivity index (χ0n) is 45.9. The fraction of sp³-hybridized carbons (Fsp3) is 0.382. The number of hydrogen-bond acceptors (Lipinski definition) is 3. The number of hydrogen-bond donors (Lipinski definition) is 0. The van der Waals surface area contributed by atoms with Gasteiger partial charge in [0, 0.05) is 50.5 Å². The fourth-order valence-corrected chi connectivity index (χ4v) is 17.0. The topological polar surface area (TPSA) is 9.72 Å². The minimum atomic E-state index is -1.85. The van der Waals surface area contributed by atoms with Crippen LogP contribution in [0.25, 0.3) is 11.1 Å². The first-order valence-corrected chi connectivity index (χ1v) is 31.5. The van der Waals surface area contributed by atoms with Crippen molar-refractivity contribution >= 4 is 76.2 Å². The molecule has 4 atom stereocenters. The Balaban J connectivity index is 1.21. The Morgan fingerprint density at radius 2 is 1.11 bits per heavy atom. The summed E-state index contributed by atoms with van der Waals surface area (Å²) in [5.74, 6) is 0. The molecule has 3 nitrogen and oxygen atoms in total. The first-order chi connectivity index (χ1) is 34.7. The van der Waals surface area contributed by atoms with Gasteiger partial charge in [0.2, 0.25) is 0 Å². The van der Waals surface area contributed by atoms with Gasteiger partial charge in [-0.05, 0) is 137 Å². The van der Waals surface area contributed by atoms with E-state index in [1.807, 2.05) is 0 Å². The van der Waals surface area contributed by atoms with Crippen LogP contribution in [0.4, 0.5) is 39.8 Å². The van der Waals surface area contributed by atoms with E-state index in [1.165, 1.54) is 122 Å². The number of nitrogens with zero attached hydrogens (tertiary/aromatic N) is 3. The summed E-state index contributed by atoms with van der Waals surface area (Å²) in [7, 11) is -1.85. The third-order valence-electron chi connectivity index (χ3n) is 19.9. The largest absolute Gasteiger partial charge is 0.335 e. The van der Waals surface area contributed by atoms with Crippen LogP contribution in [0, 0.1) is 0 Å². The van der Waals surface area contributed by atoms with Crippen molar-refractivity contribution in [3.8, 4) is 11.1 Å². The van der Waals surface area contributed by atoms with Crippen LogP contribution in [-0.4, -0.2) is 25.9 Å². The van der Waals surface area contributed by atoms with E-state index in [0.717, 1.165) is 19.3 Å². The SMILES string of the molecule is CC(C)(C)c1ccc(N2c3cc(C(C)(C)C)ccc3B3c4cc([Si](C)(C)C)cc5c4N(c4cc(N6c7ccccc7C7(C)CCCCC67C)cc2c43)C2(C)CCCCC52c2ccccc2)c(-c2ccccc2)c1. The van der Waals surface area contributed by atoms with Crippen molar-refractivity contribution < 1.29 is 0 Å². The molecule has 6 aliphatic rings. The number of fused-ring (bicyclic) bond motifs is 10. The van der Waals surface area contributed by atoms with E-state index in [9.17, 15) is 0 Å². The van der Waals surface area contributed by atoms with E-state index in [2.05, 4.69) is 242 Å². The Hall–Kier alpha value is -5.78. The average molecular weight is 974 g/mol. The van der Waals surface area contributed by atoms with Crippen molar-refractivity contribution in [2.45, 2.75) is 166 Å². The van der Waals surface area contributed by atoms with Gasteiger partial charge in [0.1, 0.15) is 0 Å². The third-order valence-corrected chi connectivity index (χ3v) is 22.0. The maximum atomic E-state index is 2.99. The predicted molar refractivity (Wildman–Crippen MR) is 317 cm³/mol. The second kappa shape index (κ2) is 15.6. The van der Waals surface area contributed by atoms with E-state index in [0.29, 0.717) is 0 Å². The van der Waals surface area contributed by atoms with E-state index in [-0.39, 0.29) is 39.5 Å².